The second kappa shape index (κ2) is 5.74. The lowest BCUT2D eigenvalue weighted by molar-refractivity contribution is 0.483. The van der Waals surface area contributed by atoms with E-state index in [2.05, 4.69) is 29.3 Å². The fraction of sp³-hybridized carbons (Fsp3) is 0.571. The molecule has 1 aliphatic rings. The summed E-state index contributed by atoms with van der Waals surface area (Å²) in [4.78, 5) is 2.52. The highest BCUT2D eigenvalue weighted by atomic mass is 35.5. The van der Waals surface area contributed by atoms with Crippen LogP contribution in [0.4, 0.5) is 5.69 Å². The first-order valence-corrected chi connectivity index (χ1v) is 6.80. The summed E-state index contributed by atoms with van der Waals surface area (Å²) < 4.78 is 0. The number of hydrogen-bond acceptors (Lipinski definition) is 2. The molecule has 0 aliphatic carbocycles. The maximum absolute atomic E-state index is 6.08. The predicted molar refractivity (Wildman–Crippen MR) is 74.9 cm³/mol. The highest BCUT2D eigenvalue weighted by Crippen LogP contribution is 2.29. The van der Waals surface area contributed by atoms with Crippen LogP contribution in [0.25, 0.3) is 0 Å². The van der Waals surface area contributed by atoms with E-state index in [1.807, 2.05) is 13.1 Å². The van der Waals surface area contributed by atoms with E-state index in [-0.39, 0.29) is 0 Å². The molecule has 1 aromatic rings. The Balaban J connectivity index is 2.29. The van der Waals surface area contributed by atoms with Gasteiger partial charge in [0.1, 0.15) is 0 Å². The van der Waals surface area contributed by atoms with Crippen LogP contribution >= 0.6 is 11.6 Å². The van der Waals surface area contributed by atoms with E-state index in [0.717, 1.165) is 11.6 Å². The SMILES string of the molecule is CNCc1cc(Cl)ccc1N1CCCCC1C. The molecule has 0 radical (unpaired) electrons. The zero-order chi connectivity index (χ0) is 12.3. The second-order valence-corrected chi connectivity index (χ2v) is 5.28. The number of benzene rings is 1. The van der Waals surface area contributed by atoms with Crippen LogP contribution in [0.1, 0.15) is 31.7 Å². The van der Waals surface area contributed by atoms with Crippen molar-refractivity contribution in [3.05, 3.63) is 28.8 Å². The number of nitrogens with one attached hydrogen (secondary N) is 1. The number of rotatable bonds is 3. The van der Waals surface area contributed by atoms with Gasteiger partial charge < -0.3 is 10.2 Å². The maximum atomic E-state index is 6.08. The summed E-state index contributed by atoms with van der Waals surface area (Å²) in [6.07, 6.45) is 3.94. The quantitative estimate of drug-likeness (QED) is 0.887. The van der Waals surface area contributed by atoms with Gasteiger partial charge in [0.15, 0.2) is 0 Å². The minimum Gasteiger partial charge on any atom is -0.369 e. The summed E-state index contributed by atoms with van der Waals surface area (Å²) in [6, 6.07) is 6.88. The summed E-state index contributed by atoms with van der Waals surface area (Å²) >= 11 is 6.08. The third-order valence-corrected chi connectivity index (χ3v) is 3.76. The Morgan fingerprint density at radius 3 is 2.94 bits per heavy atom. The van der Waals surface area contributed by atoms with Crippen LogP contribution in [0.5, 0.6) is 0 Å². The molecule has 0 aromatic heterocycles. The summed E-state index contributed by atoms with van der Waals surface area (Å²) in [7, 11) is 1.98. The summed E-state index contributed by atoms with van der Waals surface area (Å²) in [5, 5.41) is 4.04. The molecule has 0 bridgehead atoms. The van der Waals surface area contributed by atoms with E-state index in [4.69, 9.17) is 11.6 Å². The van der Waals surface area contributed by atoms with Gasteiger partial charge in [-0.25, -0.2) is 0 Å². The van der Waals surface area contributed by atoms with Gasteiger partial charge in [-0.1, -0.05) is 11.6 Å². The molecule has 94 valence electrons. The van der Waals surface area contributed by atoms with Gasteiger partial charge in [-0.3, -0.25) is 0 Å². The summed E-state index contributed by atoms with van der Waals surface area (Å²) in [5.74, 6) is 0. The topological polar surface area (TPSA) is 15.3 Å². The molecule has 0 amide bonds. The largest absolute Gasteiger partial charge is 0.369 e. The Morgan fingerprint density at radius 1 is 1.41 bits per heavy atom. The second-order valence-electron chi connectivity index (χ2n) is 4.84. The van der Waals surface area contributed by atoms with Gasteiger partial charge in [-0.15, -0.1) is 0 Å². The zero-order valence-corrected chi connectivity index (χ0v) is 11.4. The molecule has 2 nitrogen and oxygen atoms in total. The minimum absolute atomic E-state index is 0.639. The van der Waals surface area contributed by atoms with Crippen molar-refractivity contribution in [1.82, 2.24) is 5.32 Å². The van der Waals surface area contributed by atoms with Crippen molar-refractivity contribution in [1.29, 1.82) is 0 Å². The lowest BCUT2D eigenvalue weighted by atomic mass is 10.0. The van der Waals surface area contributed by atoms with Gasteiger partial charge in [0, 0.05) is 29.8 Å². The van der Waals surface area contributed by atoms with Crippen LogP contribution in [-0.2, 0) is 6.54 Å². The fourth-order valence-electron chi connectivity index (χ4n) is 2.62. The molecule has 0 spiro atoms. The van der Waals surface area contributed by atoms with E-state index in [1.54, 1.807) is 0 Å². The molecule has 1 N–H and O–H groups in total. The average molecular weight is 253 g/mol. The van der Waals surface area contributed by atoms with Crippen LogP contribution in [0, 0.1) is 0 Å². The third-order valence-electron chi connectivity index (χ3n) is 3.52. The van der Waals surface area contributed by atoms with Gasteiger partial charge in [0.2, 0.25) is 0 Å². The molecule has 1 aliphatic heterocycles. The highest BCUT2D eigenvalue weighted by Gasteiger charge is 2.20. The van der Waals surface area contributed by atoms with Crippen molar-refractivity contribution in [3.63, 3.8) is 0 Å². The smallest absolute Gasteiger partial charge is 0.0415 e. The molecular weight excluding hydrogens is 232 g/mol. The van der Waals surface area contributed by atoms with E-state index in [1.165, 1.54) is 37.1 Å². The van der Waals surface area contributed by atoms with E-state index < -0.39 is 0 Å². The Hall–Kier alpha value is -0.730. The molecule has 2 rings (SSSR count). The Kier molecular flexibility index (Phi) is 4.30. The van der Waals surface area contributed by atoms with E-state index in [9.17, 15) is 0 Å². The van der Waals surface area contributed by atoms with Crippen molar-refractivity contribution in [2.45, 2.75) is 38.8 Å². The van der Waals surface area contributed by atoms with Gasteiger partial charge in [0.25, 0.3) is 0 Å². The van der Waals surface area contributed by atoms with Crippen LogP contribution in [0.3, 0.4) is 0 Å². The Labute approximate surface area is 109 Å². The number of nitrogens with zero attached hydrogens (tertiary/aromatic N) is 1. The van der Waals surface area contributed by atoms with Crippen LogP contribution < -0.4 is 10.2 Å². The zero-order valence-electron chi connectivity index (χ0n) is 10.7. The molecular formula is C14H21ClN2. The highest BCUT2D eigenvalue weighted by molar-refractivity contribution is 6.30. The van der Waals surface area contributed by atoms with Crippen LogP contribution in [-0.4, -0.2) is 19.6 Å². The molecule has 3 heteroatoms. The molecule has 1 heterocycles. The van der Waals surface area contributed by atoms with E-state index >= 15 is 0 Å². The standard InChI is InChI=1S/C14H21ClN2/c1-11-5-3-4-8-17(11)14-7-6-13(15)9-12(14)10-16-2/h6-7,9,11,16H,3-5,8,10H2,1-2H3. The van der Waals surface area contributed by atoms with Gasteiger partial charge in [0.05, 0.1) is 0 Å². The fourth-order valence-corrected chi connectivity index (χ4v) is 2.82. The first-order chi connectivity index (χ1) is 8.22. The van der Waals surface area contributed by atoms with Crippen molar-refractivity contribution < 1.29 is 0 Å². The van der Waals surface area contributed by atoms with Crippen molar-refractivity contribution in [3.8, 4) is 0 Å². The number of piperidine rings is 1. The number of anilines is 1. The van der Waals surface area contributed by atoms with Gasteiger partial charge >= 0.3 is 0 Å². The average Bonchev–Trinajstić information content (AvgIpc) is 2.31. The predicted octanol–water partition coefficient (Wildman–Crippen LogP) is 3.44. The Morgan fingerprint density at radius 2 is 2.24 bits per heavy atom. The first kappa shape index (κ1) is 12.7. The monoisotopic (exact) mass is 252 g/mol. The minimum atomic E-state index is 0.639. The molecule has 1 fully saturated rings. The van der Waals surface area contributed by atoms with E-state index in [0.29, 0.717) is 6.04 Å². The van der Waals surface area contributed by atoms with Gasteiger partial charge in [-0.05, 0) is 57.0 Å². The van der Waals surface area contributed by atoms with Gasteiger partial charge in [-0.2, -0.15) is 0 Å². The lowest BCUT2D eigenvalue weighted by Gasteiger charge is -2.36. The third kappa shape index (κ3) is 2.93. The number of halogens is 1. The van der Waals surface area contributed by atoms with Crippen molar-refractivity contribution >= 4 is 17.3 Å². The number of hydrogen-bond donors (Lipinski definition) is 1. The summed E-state index contributed by atoms with van der Waals surface area (Å²) in [6.45, 7) is 4.36. The van der Waals surface area contributed by atoms with Crippen molar-refractivity contribution in [2.24, 2.45) is 0 Å². The molecule has 0 saturated carbocycles. The van der Waals surface area contributed by atoms with Crippen molar-refractivity contribution in [2.75, 3.05) is 18.5 Å². The maximum Gasteiger partial charge on any atom is 0.0415 e. The summed E-state index contributed by atoms with van der Waals surface area (Å²) in [5.41, 5.74) is 2.64. The normalized spacial score (nSPS) is 20.6. The molecule has 1 unspecified atom stereocenters. The first-order valence-electron chi connectivity index (χ1n) is 6.42. The molecule has 17 heavy (non-hydrogen) atoms. The Bertz CT molecular complexity index is 378. The van der Waals surface area contributed by atoms with Crippen LogP contribution in [0.15, 0.2) is 18.2 Å². The lowest BCUT2D eigenvalue weighted by Crippen LogP contribution is -2.38. The molecule has 1 saturated heterocycles. The molecule has 1 atom stereocenters. The molecule has 1 aromatic carbocycles. The van der Waals surface area contributed by atoms with Crippen LogP contribution in [0.2, 0.25) is 5.02 Å².